The molecule has 1 N–H and O–H groups in total. The first-order chi connectivity index (χ1) is 9.78. The van der Waals surface area contributed by atoms with Crippen LogP contribution in [0.5, 0.6) is 11.5 Å². The molecule has 6 heteroatoms. The molecular formula is C14H17NO4S. The summed E-state index contributed by atoms with van der Waals surface area (Å²) in [6.45, 7) is 0.688. The van der Waals surface area contributed by atoms with Crippen molar-refractivity contribution in [3.63, 3.8) is 0 Å². The minimum absolute atomic E-state index is 0.0367. The molecule has 2 aromatic rings. The Morgan fingerprint density at radius 2 is 1.90 bits per heavy atom. The number of nitrogens with zero attached hydrogens (tertiary/aromatic N) is 1. The number of hydrogen-bond acceptors (Lipinski definition) is 6. The number of aliphatic hydroxyl groups is 1. The third kappa shape index (κ3) is 3.47. The molecule has 0 atom stereocenters. The highest BCUT2D eigenvalue weighted by Gasteiger charge is 2.11. The summed E-state index contributed by atoms with van der Waals surface area (Å²) < 4.78 is 16.0. The van der Waals surface area contributed by atoms with Crippen LogP contribution in [-0.2, 0) is 24.6 Å². The van der Waals surface area contributed by atoms with Crippen molar-refractivity contribution in [1.29, 1.82) is 0 Å². The van der Waals surface area contributed by atoms with Gasteiger partial charge >= 0.3 is 0 Å². The predicted octanol–water partition coefficient (Wildman–Crippen LogP) is 2.37. The fourth-order valence-corrected chi connectivity index (χ4v) is 2.59. The van der Waals surface area contributed by atoms with Crippen molar-refractivity contribution < 1.29 is 19.3 Å². The lowest BCUT2D eigenvalue weighted by atomic mass is 10.3. The van der Waals surface area contributed by atoms with Gasteiger partial charge in [0, 0.05) is 7.11 Å². The average Bonchev–Trinajstić information content (AvgIpc) is 2.88. The molecule has 2 rings (SSSR count). The molecular weight excluding hydrogens is 278 g/mol. The zero-order chi connectivity index (χ0) is 14.4. The van der Waals surface area contributed by atoms with Crippen LogP contribution in [0.1, 0.15) is 15.6 Å². The molecule has 0 aliphatic carbocycles. The first-order valence-corrected chi connectivity index (χ1v) is 6.93. The van der Waals surface area contributed by atoms with E-state index in [0.717, 1.165) is 15.6 Å². The Hall–Kier alpha value is -1.63. The van der Waals surface area contributed by atoms with Gasteiger partial charge in [0.25, 0.3) is 0 Å². The highest BCUT2D eigenvalue weighted by molar-refractivity contribution is 7.11. The van der Waals surface area contributed by atoms with Crippen LogP contribution in [0.15, 0.2) is 24.3 Å². The molecule has 20 heavy (non-hydrogen) atoms. The number of aliphatic hydroxyl groups excluding tert-OH is 1. The van der Waals surface area contributed by atoms with E-state index in [1.165, 1.54) is 11.3 Å². The molecule has 0 fully saturated rings. The highest BCUT2D eigenvalue weighted by Crippen LogP contribution is 2.28. The molecule has 0 radical (unpaired) electrons. The maximum absolute atomic E-state index is 9.28. The number of para-hydroxylation sites is 2. The Labute approximate surface area is 121 Å². The zero-order valence-corrected chi connectivity index (χ0v) is 12.3. The average molecular weight is 295 g/mol. The number of rotatable bonds is 7. The minimum atomic E-state index is -0.0367. The Kier molecular flexibility index (Phi) is 5.34. The van der Waals surface area contributed by atoms with E-state index in [-0.39, 0.29) is 6.61 Å². The molecule has 5 nitrogen and oxygen atoms in total. The molecule has 1 aromatic carbocycles. The Morgan fingerprint density at radius 3 is 2.55 bits per heavy atom. The number of ether oxygens (including phenoxy) is 3. The van der Waals surface area contributed by atoms with Crippen LogP contribution in [0.25, 0.3) is 0 Å². The summed E-state index contributed by atoms with van der Waals surface area (Å²) in [5.41, 5.74) is 0.763. The highest BCUT2D eigenvalue weighted by atomic mass is 32.1. The molecule has 0 saturated heterocycles. The molecule has 0 unspecified atom stereocenters. The van der Waals surface area contributed by atoms with E-state index >= 15 is 0 Å². The standard InChI is InChI=1S/C14H17NO4S/c1-17-8-10-13(7-16)20-14(15-10)9-19-12-6-4-3-5-11(12)18-2/h3-6,16H,7-9H2,1-2H3. The van der Waals surface area contributed by atoms with Gasteiger partial charge in [-0.1, -0.05) is 12.1 Å². The van der Waals surface area contributed by atoms with E-state index in [4.69, 9.17) is 14.2 Å². The van der Waals surface area contributed by atoms with Gasteiger partial charge in [0.2, 0.25) is 0 Å². The van der Waals surface area contributed by atoms with Gasteiger partial charge in [-0.3, -0.25) is 0 Å². The maximum Gasteiger partial charge on any atom is 0.161 e. The summed E-state index contributed by atoms with van der Waals surface area (Å²) in [6, 6.07) is 7.45. The van der Waals surface area contributed by atoms with Gasteiger partial charge in [0.15, 0.2) is 11.5 Å². The second-order valence-corrected chi connectivity index (χ2v) is 5.18. The van der Waals surface area contributed by atoms with Crippen molar-refractivity contribution in [3.8, 4) is 11.5 Å². The molecule has 0 saturated carbocycles. The van der Waals surface area contributed by atoms with Gasteiger partial charge in [0.05, 0.1) is 30.9 Å². The number of thiazole rings is 1. The summed E-state index contributed by atoms with van der Waals surface area (Å²) >= 11 is 1.43. The number of hydrogen-bond donors (Lipinski definition) is 1. The van der Waals surface area contributed by atoms with Gasteiger partial charge in [-0.2, -0.15) is 0 Å². The van der Waals surface area contributed by atoms with E-state index in [2.05, 4.69) is 4.98 Å². The lowest BCUT2D eigenvalue weighted by molar-refractivity contribution is 0.178. The minimum Gasteiger partial charge on any atom is -0.493 e. The van der Waals surface area contributed by atoms with Crippen molar-refractivity contribution >= 4 is 11.3 Å². The van der Waals surface area contributed by atoms with Gasteiger partial charge in [-0.25, -0.2) is 4.98 Å². The number of aromatic nitrogens is 1. The summed E-state index contributed by atoms with van der Waals surface area (Å²) in [4.78, 5) is 5.22. The van der Waals surface area contributed by atoms with Crippen molar-refractivity contribution in [1.82, 2.24) is 4.98 Å². The van der Waals surface area contributed by atoms with E-state index in [1.54, 1.807) is 14.2 Å². The normalized spacial score (nSPS) is 10.6. The van der Waals surface area contributed by atoms with Crippen molar-refractivity contribution in [2.45, 2.75) is 19.8 Å². The van der Waals surface area contributed by atoms with Crippen molar-refractivity contribution in [3.05, 3.63) is 39.8 Å². The van der Waals surface area contributed by atoms with Crippen LogP contribution in [-0.4, -0.2) is 24.3 Å². The summed E-state index contributed by atoms with van der Waals surface area (Å²) in [5, 5.41) is 10.1. The van der Waals surface area contributed by atoms with Gasteiger partial charge in [0.1, 0.15) is 11.6 Å². The maximum atomic E-state index is 9.28. The second-order valence-electron chi connectivity index (χ2n) is 4.01. The fraction of sp³-hybridized carbons (Fsp3) is 0.357. The Balaban J connectivity index is 2.07. The molecule has 0 bridgehead atoms. The fourth-order valence-electron chi connectivity index (χ4n) is 1.75. The Morgan fingerprint density at radius 1 is 1.15 bits per heavy atom. The van der Waals surface area contributed by atoms with Crippen LogP contribution < -0.4 is 9.47 Å². The van der Waals surface area contributed by atoms with Crippen molar-refractivity contribution in [2.24, 2.45) is 0 Å². The third-order valence-electron chi connectivity index (χ3n) is 2.67. The molecule has 1 heterocycles. The number of benzene rings is 1. The molecule has 0 spiro atoms. The molecule has 1 aromatic heterocycles. The largest absolute Gasteiger partial charge is 0.493 e. The van der Waals surface area contributed by atoms with Gasteiger partial charge in [-0.15, -0.1) is 11.3 Å². The van der Waals surface area contributed by atoms with E-state index in [0.29, 0.717) is 24.7 Å². The number of methoxy groups -OCH3 is 2. The van der Waals surface area contributed by atoms with Gasteiger partial charge < -0.3 is 19.3 Å². The molecule has 0 aliphatic heterocycles. The summed E-state index contributed by atoms with van der Waals surface area (Å²) in [5.74, 6) is 1.35. The molecule has 0 aliphatic rings. The van der Waals surface area contributed by atoms with Crippen molar-refractivity contribution in [2.75, 3.05) is 14.2 Å². The zero-order valence-electron chi connectivity index (χ0n) is 11.5. The SMILES string of the molecule is COCc1nc(COc2ccccc2OC)sc1CO. The van der Waals surface area contributed by atoms with Crippen LogP contribution in [0, 0.1) is 0 Å². The first-order valence-electron chi connectivity index (χ1n) is 6.11. The molecule has 0 amide bonds. The lowest BCUT2D eigenvalue weighted by Crippen LogP contribution is -1.98. The second kappa shape index (κ2) is 7.23. The Bertz CT molecular complexity index is 556. The topological polar surface area (TPSA) is 60.8 Å². The van der Waals surface area contributed by atoms with E-state index < -0.39 is 0 Å². The van der Waals surface area contributed by atoms with Crippen LogP contribution >= 0.6 is 11.3 Å². The summed E-state index contributed by atoms with van der Waals surface area (Å²) in [7, 11) is 3.21. The monoisotopic (exact) mass is 295 g/mol. The van der Waals surface area contributed by atoms with Crippen LogP contribution in [0.3, 0.4) is 0 Å². The third-order valence-corrected chi connectivity index (χ3v) is 3.72. The predicted molar refractivity (Wildman–Crippen MR) is 76.1 cm³/mol. The quantitative estimate of drug-likeness (QED) is 0.849. The van der Waals surface area contributed by atoms with Crippen LogP contribution in [0.4, 0.5) is 0 Å². The van der Waals surface area contributed by atoms with Crippen LogP contribution in [0.2, 0.25) is 0 Å². The first kappa shape index (κ1) is 14.8. The van der Waals surface area contributed by atoms with Gasteiger partial charge in [-0.05, 0) is 12.1 Å². The smallest absolute Gasteiger partial charge is 0.161 e. The molecule has 108 valence electrons. The lowest BCUT2D eigenvalue weighted by Gasteiger charge is -2.08. The summed E-state index contributed by atoms with van der Waals surface area (Å²) in [6.07, 6.45) is 0. The van der Waals surface area contributed by atoms with E-state index in [9.17, 15) is 5.11 Å². The van der Waals surface area contributed by atoms with E-state index in [1.807, 2.05) is 24.3 Å².